The molecule has 0 amide bonds. The van der Waals surface area contributed by atoms with Crippen LogP contribution in [0.5, 0.6) is 0 Å². The lowest BCUT2D eigenvalue weighted by Crippen LogP contribution is -2.31. The lowest BCUT2D eigenvalue weighted by atomic mass is 9.99. The van der Waals surface area contributed by atoms with E-state index in [0.29, 0.717) is 27.7 Å². The number of benzene rings is 1. The summed E-state index contributed by atoms with van der Waals surface area (Å²) in [5.41, 5.74) is 0.899. The third-order valence-electron chi connectivity index (χ3n) is 3.85. The molecule has 1 atom stereocenters. The van der Waals surface area contributed by atoms with Crippen molar-refractivity contribution in [2.75, 3.05) is 0 Å². The van der Waals surface area contributed by atoms with Gasteiger partial charge in [-0.25, -0.2) is 0 Å². The third-order valence-corrected chi connectivity index (χ3v) is 5.04. The second kappa shape index (κ2) is 6.47. The summed E-state index contributed by atoms with van der Waals surface area (Å²) in [5, 5.41) is 5.33. The Morgan fingerprint density at radius 2 is 1.78 bits per heavy atom. The average molecular weight is 307 g/mol. The van der Waals surface area contributed by atoms with Gasteiger partial charge in [-0.1, -0.05) is 47.6 Å². The number of hydrogen-bond acceptors (Lipinski definition) is 1. The topological polar surface area (TPSA) is 12.0 Å². The SMILES string of the molecule is C[C@H](NCc1c(Cl)ccc(Cl)c1Cl)C1CCCC1. The molecule has 1 N–H and O–H groups in total. The monoisotopic (exact) mass is 305 g/mol. The highest BCUT2D eigenvalue weighted by molar-refractivity contribution is 6.44. The van der Waals surface area contributed by atoms with Crippen LogP contribution in [0.25, 0.3) is 0 Å². The molecule has 4 heteroatoms. The smallest absolute Gasteiger partial charge is 0.0652 e. The van der Waals surface area contributed by atoms with Crippen LogP contribution in [0.2, 0.25) is 15.1 Å². The van der Waals surface area contributed by atoms with Crippen LogP contribution in [-0.4, -0.2) is 6.04 Å². The zero-order chi connectivity index (χ0) is 13.1. The minimum atomic E-state index is 0.499. The fourth-order valence-electron chi connectivity index (χ4n) is 2.62. The first kappa shape index (κ1) is 14.5. The van der Waals surface area contributed by atoms with E-state index in [1.54, 1.807) is 12.1 Å². The number of halogens is 3. The first-order valence-electron chi connectivity index (χ1n) is 6.45. The highest BCUT2D eigenvalue weighted by Gasteiger charge is 2.21. The van der Waals surface area contributed by atoms with E-state index in [-0.39, 0.29) is 0 Å². The number of rotatable bonds is 4. The lowest BCUT2D eigenvalue weighted by Gasteiger charge is -2.21. The highest BCUT2D eigenvalue weighted by Crippen LogP contribution is 2.32. The first-order valence-corrected chi connectivity index (χ1v) is 7.58. The predicted molar refractivity (Wildman–Crippen MR) is 79.7 cm³/mol. The predicted octanol–water partition coefficient (Wildman–Crippen LogP) is 5.32. The zero-order valence-corrected chi connectivity index (χ0v) is 12.7. The Morgan fingerprint density at radius 1 is 1.17 bits per heavy atom. The first-order chi connectivity index (χ1) is 8.59. The van der Waals surface area contributed by atoms with Crippen LogP contribution in [0, 0.1) is 5.92 Å². The molecule has 1 aliphatic carbocycles. The van der Waals surface area contributed by atoms with E-state index in [1.807, 2.05) is 0 Å². The van der Waals surface area contributed by atoms with Gasteiger partial charge in [0.25, 0.3) is 0 Å². The van der Waals surface area contributed by atoms with Gasteiger partial charge in [-0.2, -0.15) is 0 Å². The largest absolute Gasteiger partial charge is 0.310 e. The van der Waals surface area contributed by atoms with Crippen molar-refractivity contribution in [1.29, 1.82) is 0 Å². The maximum absolute atomic E-state index is 6.19. The van der Waals surface area contributed by atoms with Crippen LogP contribution < -0.4 is 5.32 Å². The van der Waals surface area contributed by atoms with E-state index in [0.717, 1.165) is 11.5 Å². The second-order valence-corrected chi connectivity index (χ2v) is 6.23. The van der Waals surface area contributed by atoms with E-state index >= 15 is 0 Å². The summed E-state index contributed by atoms with van der Waals surface area (Å²) in [6.07, 6.45) is 5.36. The molecule has 0 unspecified atom stereocenters. The zero-order valence-electron chi connectivity index (χ0n) is 10.5. The fourth-order valence-corrected chi connectivity index (χ4v) is 3.30. The van der Waals surface area contributed by atoms with Gasteiger partial charge in [0.2, 0.25) is 0 Å². The van der Waals surface area contributed by atoms with Gasteiger partial charge in [0.05, 0.1) is 10.0 Å². The van der Waals surface area contributed by atoms with Crippen molar-refractivity contribution in [2.45, 2.75) is 45.2 Å². The van der Waals surface area contributed by atoms with Crippen molar-refractivity contribution >= 4 is 34.8 Å². The van der Waals surface area contributed by atoms with Crippen LogP contribution in [-0.2, 0) is 6.54 Å². The van der Waals surface area contributed by atoms with Crippen LogP contribution in [0.15, 0.2) is 12.1 Å². The van der Waals surface area contributed by atoms with E-state index in [4.69, 9.17) is 34.8 Å². The Balaban J connectivity index is 1.99. The van der Waals surface area contributed by atoms with Crippen molar-refractivity contribution in [3.8, 4) is 0 Å². The average Bonchev–Trinajstić information content (AvgIpc) is 2.87. The van der Waals surface area contributed by atoms with Crippen molar-refractivity contribution in [3.05, 3.63) is 32.8 Å². The number of nitrogens with one attached hydrogen (secondary N) is 1. The van der Waals surface area contributed by atoms with Crippen LogP contribution in [0.3, 0.4) is 0 Å². The molecule has 0 spiro atoms. The van der Waals surface area contributed by atoms with Crippen molar-refractivity contribution < 1.29 is 0 Å². The molecule has 0 saturated heterocycles. The molecule has 100 valence electrons. The summed E-state index contributed by atoms with van der Waals surface area (Å²) in [4.78, 5) is 0. The van der Waals surface area contributed by atoms with E-state index in [2.05, 4.69) is 12.2 Å². The van der Waals surface area contributed by atoms with E-state index < -0.39 is 0 Å². The molecule has 0 radical (unpaired) electrons. The molecule has 18 heavy (non-hydrogen) atoms. The molecule has 1 nitrogen and oxygen atoms in total. The van der Waals surface area contributed by atoms with Gasteiger partial charge in [0.1, 0.15) is 0 Å². The molecular weight excluding hydrogens is 289 g/mol. The third kappa shape index (κ3) is 3.33. The summed E-state index contributed by atoms with van der Waals surface area (Å²) >= 11 is 18.4. The minimum Gasteiger partial charge on any atom is -0.310 e. The number of hydrogen-bond donors (Lipinski definition) is 1. The van der Waals surface area contributed by atoms with E-state index in [1.165, 1.54) is 25.7 Å². The molecule has 0 heterocycles. The van der Waals surface area contributed by atoms with Crippen LogP contribution >= 0.6 is 34.8 Å². The molecular formula is C14H18Cl3N. The maximum Gasteiger partial charge on any atom is 0.0652 e. The van der Waals surface area contributed by atoms with Gasteiger partial charge in [-0.3, -0.25) is 0 Å². The molecule has 1 fully saturated rings. The summed E-state index contributed by atoms with van der Waals surface area (Å²) in [5.74, 6) is 0.779. The minimum absolute atomic E-state index is 0.499. The Bertz CT molecular complexity index is 414. The van der Waals surface area contributed by atoms with E-state index in [9.17, 15) is 0 Å². The summed E-state index contributed by atoms with van der Waals surface area (Å²) in [7, 11) is 0. The Hall–Kier alpha value is 0.0500. The molecule has 1 aromatic carbocycles. The summed E-state index contributed by atoms with van der Waals surface area (Å²) in [6.45, 7) is 2.91. The van der Waals surface area contributed by atoms with Gasteiger partial charge in [-0.15, -0.1) is 0 Å². The van der Waals surface area contributed by atoms with Crippen molar-refractivity contribution in [2.24, 2.45) is 5.92 Å². The van der Waals surface area contributed by atoms with Crippen LogP contribution in [0.1, 0.15) is 38.2 Å². The van der Waals surface area contributed by atoms with Crippen LogP contribution in [0.4, 0.5) is 0 Å². The fraction of sp³-hybridized carbons (Fsp3) is 0.571. The molecule has 1 saturated carbocycles. The van der Waals surface area contributed by atoms with Gasteiger partial charge in [0.15, 0.2) is 0 Å². The highest BCUT2D eigenvalue weighted by atomic mass is 35.5. The normalized spacial score (nSPS) is 18.2. The maximum atomic E-state index is 6.19. The van der Waals surface area contributed by atoms with Gasteiger partial charge < -0.3 is 5.32 Å². The molecule has 0 aromatic heterocycles. The Kier molecular flexibility index (Phi) is 5.20. The Morgan fingerprint density at radius 3 is 2.44 bits per heavy atom. The molecule has 1 aliphatic rings. The molecule has 0 aliphatic heterocycles. The summed E-state index contributed by atoms with van der Waals surface area (Å²) in [6, 6.07) is 4.03. The second-order valence-electron chi connectivity index (χ2n) is 5.04. The Labute approximate surface area is 124 Å². The van der Waals surface area contributed by atoms with Gasteiger partial charge in [0, 0.05) is 23.2 Å². The summed E-state index contributed by atoms with van der Waals surface area (Å²) < 4.78 is 0. The molecule has 1 aromatic rings. The van der Waals surface area contributed by atoms with Crippen molar-refractivity contribution in [3.63, 3.8) is 0 Å². The standard InChI is InChI=1S/C14H18Cl3N/c1-9(10-4-2-3-5-10)18-8-11-12(15)6-7-13(16)14(11)17/h6-7,9-10,18H,2-5,8H2,1H3/t9-/m0/s1. The lowest BCUT2D eigenvalue weighted by molar-refractivity contribution is 0.380. The molecule has 0 bridgehead atoms. The van der Waals surface area contributed by atoms with Gasteiger partial charge >= 0.3 is 0 Å². The molecule has 2 rings (SSSR count). The van der Waals surface area contributed by atoms with Crippen molar-refractivity contribution in [1.82, 2.24) is 5.32 Å². The van der Waals surface area contributed by atoms with Gasteiger partial charge in [-0.05, 0) is 37.8 Å². The quantitative estimate of drug-likeness (QED) is 0.743.